The molecule has 0 bridgehead atoms. The highest BCUT2D eigenvalue weighted by Crippen LogP contribution is 2.12. The van der Waals surface area contributed by atoms with Crippen LogP contribution in [0.4, 0.5) is 0 Å². The van der Waals surface area contributed by atoms with Crippen LogP contribution in [0.25, 0.3) is 0 Å². The zero-order valence-electron chi connectivity index (χ0n) is 13.3. The summed E-state index contributed by atoms with van der Waals surface area (Å²) in [7, 11) is -3.25. The zero-order chi connectivity index (χ0) is 15.9. The molecule has 0 saturated carbocycles. The molecule has 1 unspecified atom stereocenters. The van der Waals surface area contributed by atoms with Gasteiger partial charge in [0.1, 0.15) is 0 Å². The third-order valence-corrected chi connectivity index (χ3v) is 4.53. The van der Waals surface area contributed by atoms with Crippen molar-refractivity contribution in [2.45, 2.75) is 53.2 Å². The minimum absolute atomic E-state index is 0.0411. The van der Waals surface area contributed by atoms with E-state index in [2.05, 4.69) is 16.6 Å². The quantitative estimate of drug-likeness (QED) is 0.761. The molecule has 5 nitrogen and oxygen atoms in total. The van der Waals surface area contributed by atoms with Crippen molar-refractivity contribution in [3.8, 4) is 5.88 Å². The molecule has 0 spiro atoms. The predicted molar refractivity (Wildman–Crippen MR) is 84.7 cm³/mol. The number of nitrogens with one attached hydrogen (secondary N) is 1. The standard InChI is InChI=1S/C15H26N2O3S/c1-5-6-13(4)11-21(18,19)17-10-14-7-8-16-15(9-14)20-12(2)3/h7-9,12-13,17H,5-6,10-11H2,1-4H3. The molecule has 0 fully saturated rings. The van der Waals surface area contributed by atoms with Crippen LogP contribution in [0.2, 0.25) is 0 Å². The summed E-state index contributed by atoms with van der Waals surface area (Å²) in [6.07, 6.45) is 3.58. The van der Waals surface area contributed by atoms with Crippen molar-refractivity contribution in [2.24, 2.45) is 5.92 Å². The highest BCUT2D eigenvalue weighted by atomic mass is 32.2. The van der Waals surface area contributed by atoms with Crippen LogP contribution in [-0.4, -0.2) is 25.3 Å². The van der Waals surface area contributed by atoms with E-state index in [1.54, 1.807) is 18.3 Å². The van der Waals surface area contributed by atoms with Crippen molar-refractivity contribution in [2.75, 3.05) is 5.75 Å². The van der Waals surface area contributed by atoms with Gasteiger partial charge in [0, 0.05) is 18.8 Å². The van der Waals surface area contributed by atoms with Crippen LogP contribution in [0, 0.1) is 5.92 Å². The molecule has 120 valence electrons. The van der Waals surface area contributed by atoms with E-state index in [1.165, 1.54) is 0 Å². The van der Waals surface area contributed by atoms with Gasteiger partial charge in [-0.25, -0.2) is 18.1 Å². The Morgan fingerprint density at radius 1 is 1.33 bits per heavy atom. The Morgan fingerprint density at radius 3 is 2.67 bits per heavy atom. The maximum Gasteiger partial charge on any atom is 0.213 e. The molecule has 0 saturated heterocycles. The summed E-state index contributed by atoms with van der Waals surface area (Å²) in [4.78, 5) is 4.10. The number of hydrogen-bond donors (Lipinski definition) is 1. The molecule has 6 heteroatoms. The molecular formula is C15H26N2O3S. The van der Waals surface area contributed by atoms with Gasteiger partial charge in [-0.2, -0.15) is 0 Å². The monoisotopic (exact) mass is 314 g/mol. The van der Waals surface area contributed by atoms with Crippen LogP contribution in [-0.2, 0) is 16.6 Å². The Labute approximate surface area is 128 Å². The van der Waals surface area contributed by atoms with Gasteiger partial charge in [-0.1, -0.05) is 20.3 Å². The highest BCUT2D eigenvalue weighted by molar-refractivity contribution is 7.89. The first kappa shape index (κ1) is 17.9. The van der Waals surface area contributed by atoms with Gasteiger partial charge >= 0.3 is 0 Å². The lowest BCUT2D eigenvalue weighted by Gasteiger charge is -2.13. The molecule has 0 aliphatic heterocycles. The number of aromatic nitrogens is 1. The van der Waals surface area contributed by atoms with Crippen molar-refractivity contribution >= 4 is 10.0 Å². The summed E-state index contributed by atoms with van der Waals surface area (Å²) in [6, 6.07) is 3.54. The average Bonchev–Trinajstić information content (AvgIpc) is 2.36. The van der Waals surface area contributed by atoms with Gasteiger partial charge < -0.3 is 4.74 Å². The van der Waals surface area contributed by atoms with E-state index in [0.29, 0.717) is 5.88 Å². The number of pyridine rings is 1. The predicted octanol–water partition coefficient (Wildman–Crippen LogP) is 2.72. The number of hydrogen-bond acceptors (Lipinski definition) is 4. The fourth-order valence-corrected chi connectivity index (χ4v) is 3.49. The van der Waals surface area contributed by atoms with Crippen LogP contribution in [0.1, 0.15) is 46.1 Å². The fraction of sp³-hybridized carbons (Fsp3) is 0.667. The van der Waals surface area contributed by atoms with Crippen molar-refractivity contribution in [3.63, 3.8) is 0 Å². The summed E-state index contributed by atoms with van der Waals surface area (Å²) in [5.74, 6) is 0.854. The van der Waals surface area contributed by atoms with Crippen molar-refractivity contribution in [1.82, 2.24) is 9.71 Å². The van der Waals surface area contributed by atoms with E-state index >= 15 is 0 Å². The Kier molecular flexibility index (Phi) is 7.11. The number of sulfonamides is 1. The normalized spacial score (nSPS) is 13.4. The van der Waals surface area contributed by atoms with E-state index in [9.17, 15) is 8.42 Å². The number of rotatable bonds is 9. The second-order valence-electron chi connectivity index (χ2n) is 5.67. The molecule has 1 aromatic heterocycles. The van der Waals surface area contributed by atoms with Gasteiger partial charge in [-0.3, -0.25) is 0 Å². The number of nitrogens with zero attached hydrogens (tertiary/aromatic N) is 1. The van der Waals surface area contributed by atoms with Gasteiger partial charge in [0.05, 0.1) is 11.9 Å². The molecule has 1 atom stereocenters. The zero-order valence-corrected chi connectivity index (χ0v) is 14.1. The first-order valence-electron chi connectivity index (χ1n) is 7.41. The highest BCUT2D eigenvalue weighted by Gasteiger charge is 2.15. The van der Waals surface area contributed by atoms with E-state index in [0.717, 1.165) is 18.4 Å². The second-order valence-corrected chi connectivity index (χ2v) is 7.52. The first-order valence-corrected chi connectivity index (χ1v) is 9.06. The third-order valence-electron chi connectivity index (χ3n) is 2.94. The van der Waals surface area contributed by atoms with E-state index in [-0.39, 0.29) is 24.3 Å². The summed E-state index contributed by atoms with van der Waals surface area (Å²) in [5, 5.41) is 0. The molecule has 1 heterocycles. The molecule has 1 N–H and O–H groups in total. The molecule has 0 aliphatic carbocycles. The largest absolute Gasteiger partial charge is 0.475 e. The van der Waals surface area contributed by atoms with E-state index in [1.807, 2.05) is 20.8 Å². The van der Waals surface area contributed by atoms with Gasteiger partial charge in [-0.05, 0) is 37.8 Å². The molecule has 21 heavy (non-hydrogen) atoms. The Morgan fingerprint density at radius 2 is 2.05 bits per heavy atom. The average molecular weight is 314 g/mol. The maximum atomic E-state index is 12.0. The molecule has 0 aromatic carbocycles. The fourth-order valence-electron chi connectivity index (χ4n) is 2.07. The van der Waals surface area contributed by atoms with Crippen molar-refractivity contribution in [3.05, 3.63) is 23.9 Å². The molecule has 0 amide bonds. The van der Waals surface area contributed by atoms with Gasteiger partial charge in [-0.15, -0.1) is 0 Å². The van der Waals surface area contributed by atoms with Crippen LogP contribution in [0.15, 0.2) is 18.3 Å². The van der Waals surface area contributed by atoms with Gasteiger partial charge in [0.2, 0.25) is 15.9 Å². The second kappa shape index (κ2) is 8.34. The molecule has 0 aliphatic rings. The van der Waals surface area contributed by atoms with E-state index in [4.69, 9.17) is 4.74 Å². The smallest absolute Gasteiger partial charge is 0.213 e. The molecular weight excluding hydrogens is 288 g/mol. The third kappa shape index (κ3) is 7.43. The summed E-state index contributed by atoms with van der Waals surface area (Å²) in [6.45, 7) is 8.13. The Hall–Kier alpha value is -1.14. The number of ether oxygens (including phenoxy) is 1. The molecule has 1 rings (SSSR count). The van der Waals surface area contributed by atoms with Crippen molar-refractivity contribution < 1.29 is 13.2 Å². The maximum absolute atomic E-state index is 12.0. The Balaban J connectivity index is 2.58. The minimum Gasteiger partial charge on any atom is -0.475 e. The summed E-state index contributed by atoms with van der Waals surface area (Å²) in [5.41, 5.74) is 0.840. The van der Waals surface area contributed by atoms with Gasteiger partial charge in [0.15, 0.2) is 0 Å². The molecule has 1 aromatic rings. The topological polar surface area (TPSA) is 68.3 Å². The van der Waals surface area contributed by atoms with Crippen LogP contribution in [0.3, 0.4) is 0 Å². The van der Waals surface area contributed by atoms with Crippen LogP contribution < -0.4 is 9.46 Å². The Bertz CT molecular complexity index is 529. The summed E-state index contributed by atoms with van der Waals surface area (Å²) >= 11 is 0. The van der Waals surface area contributed by atoms with Gasteiger partial charge in [0.25, 0.3) is 0 Å². The first-order chi connectivity index (χ1) is 9.82. The van der Waals surface area contributed by atoms with Crippen LogP contribution >= 0.6 is 0 Å². The lowest BCUT2D eigenvalue weighted by molar-refractivity contribution is 0.232. The van der Waals surface area contributed by atoms with Crippen LogP contribution in [0.5, 0.6) is 5.88 Å². The molecule has 0 radical (unpaired) electrons. The lowest BCUT2D eigenvalue weighted by Crippen LogP contribution is -2.28. The summed E-state index contributed by atoms with van der Waals surface area (Å²) < 4.78 is 32.1. The lowest BCUT2D eigenvalue weighted by atomic mass is 10.1. The minimum atomic E-state index is -3.25. The SMILES string of the molecule is CCCC(C)CS(=O)(=O)NCc1ccnc(OC(C)C)c1. The van der Waals surface area contributed by atoms with E-state index < -0.39 is 10.0 Å². The van der Waals surface area contributed by atoms with Crippen molar-refractivity contribution in [1.29, 1.82) is 0 Å².